The second-order valence-corrected chi connectivity index (χ2v) is 6.20. The number of esters is 4. The first kappa shape index (κ1) is 16.3. The minimum atomic E-state index is -0.570. The van der Waals surface area contributed by atoms with E-state index in [0.29, 0.717) is 6.42 Å². The van der Waals surface area contributed by atoms with E-state index in [1.807, 2.05) is 0 Å². The van der Waals surface area contributed by atoms with Crippen molar-refractivity contribution in [3.63, 3.8) is 0 Å². The average molecular weight is 284 g/mol. The fraction of sp³-hybridized carbons (Fsp3) is 0.714. The third-order valence-corrected chi connectivity index (χ3v) is 3.59. The zero-order valence-electron chi connectivity index (χ0n) is 11.0. The zero-order valence-corrected chi connectivity index (χ0v) is 11.0. The van der Waals surface area contributed by atoms with Crippen molar-refractivity contribution in [1.82, 2.24) is 0 Å². The predicted octanol–water partition coefficient (Wildman–Crippen LogP) is 1.75. The first-order valence-electron chi connectivity index (χ1n) is 6.17. The van der Waals surface area contributed by atoms with Gasteiger partial charge in [-0.15, -0.1) is 0 Å². The van der Waals surface area contributed by atoms with Gasteiger partial charge < -0.3 is 9.47 Å². The van der Waals surface area contributed by atoms with Gasteiger partial charge >= 0.3 is 23.9 Å². The quantitative estimate of drug-likeness (QED) is 0.567. The molecule has 0 bridgehead atoms. The summed E-state index contributed by atoms with van der Waals surface area (Å²) >= 11 is 0. The first-order chi connectivity index (χ1) is 8.70. The Bertz CT molecular complexity index is 390. The van der Waals surface area contributed by atoms with E-state index in [1.165, 1.54) is 0 Å². The molecule has 0 saturated carbocycles. The summed E-state index contributed by atoms with van der Waals surface area (Å²) < 4.78 is 9.02. The Balaban J connectivity index is 0.00000200. The highest BCUT2D eigenvalue weighted by Gasteiger charge is 2.46. The predicted molar refractivity (Wildman–Crippen MR) is 68.2 cm³/mol. The van der Waals surface area contributed by atoms with E-state index in [1.54, 1.807) is 13.8 Å². The Labute approximate surface area is 117 Å². The Kier molecular flexibility index (Phi) is 4.36. The van der Waals surface area contributed by atoms with Crippen LogP contribution in [0, 0.1) is 10.8 Å². The number of carbonyl (C=O) groups excluding carboxylic acids is 4. The van der Waals surface area contributed by atoms with Crippen LogP contribution >= 0.6 is 0 Å². The van der Waals surface area contributed by atoms with Crippen LogP contribution in [0.25, 0.3) is 0 Å². The molecule has 0 spiro atoms. The van der Waals surface area contributed by atoms with Gasteiger partial charge in [0.2, 0.25) is 0 Å². The van der Waals surface area contributed by atoms with Gasteiger partial charge in [0.25, 0.3) is 0 Å². The van der Waals surface area contributed by atoms with Crippen molar-refractivity contribution in [2.45, 2.75) is 53.4 Å². The molecule has 2 rings (SSSR count). The fourth-order valence-electron chi connectivity index (χ4n) is 3.20. The van der Waals surface area contributed by atoms with Crippen molar-refractivity contribution in [3.05, 3.63) is 0 Å². The lowest BCUT2D eigenvalue weighted by Gasteiger charge is -2.40. The Morgan fingerprint density at radius 2 is 1.00 bits per heavy atom. The standard InChI is InChI=1S/C13H16O6.CH4/c1-12(3-8(14)18-9(15)4-12)7-13(2)5-10(16)19-11(17)6-13;/h3-7H2,1-2H3;1H4. The normalized spacial score (nSPS) is 24.5. The van der Waals surface area contributed by atoms with Gasteiger partial charge in [-0.3, -0.25) is 19.2 Å². The number of cyclic esters (lactones) is 4. The lowest BCUT2D eigenvalue weighted by atomic mass is 9.66. The highest BCUT2D eigenvalue weighted by atomic mass is 16.6. The molecule has 0 radical (unpaired) electrons. The van der Waals surface area contributed by atoms with Gasteiger partial charge in [-0.2, -0.15) is 0 Å². The molecule has 2 fully saturated rings. The SMILES string of the molecule is C.CC1(CC2(C)CC(=O)OC(=O)C2)CC(=O)OC(=O)C1. The van der Waals surface area contributed by atoms with Crippen molar-refractivity contribution < 1.29 is 28.7 Å². The van der Waals surface area contributed by atoms with Crippen LogP contribution in [-0.4, -0.2) is 23.9 Å². The van der Waals surface area contributed by atoms with Crippen LogP contribution in [0.4, 0.5) is 0 Å². The highest BCUT2D eigenvalue weighted by Crippen LogP contribution is 2.46. The van der Waals surface area contributed by atoms with Gasteiger partial charge in [0.05, 0.1) is 25.7 Å². The molecular weight excluding hydrogens is 264 g/mol. The maximum absolute atomic E-state index is 11.4. The zero-order chi connectivity index (χ0) is 14.3. The molecule has 0 atom stereocenters. The molecule has 112 valence electrons. The number of rotatable bonds is 2. The Morgan fingerprint density at radius 3 is 1.25 bits per heavy atom. The Morgan fingerprint density at radius 1 is 0.750 bits per heavy atom. The lowest BCUT2D eigenvalue weighted by molar-refractivity contribution is -0.172. The van der Waals surface area contributed by atoms with Crippen molar-refractivity contribution in [2.75, 3.05) is 0 Å². The summed E-state index contributed by atoms with van der Waals surface area (Å²) in [5.74, 6) is -2.20. The lowest BCUT2D eigenvalue weighted by Crippen LogP contribution is -2.41. The highest BCUT2D eigenvalue weighted by molar-refractivity contribution is 5.90. The van der Waals surface area contributed by atoms with Crippen LogP contribution in [0.15, 0.2) is 0 Å². The molecule has 0 amide bonds. The first-order valence-corrected chi connectivity index (χ1v) is 6.17. The molecular formula is C14H20O6. The van der Waals surface area contributed by atoms with E-state index in [4.69, 9.17) is 0 Å². The third kappa shape index (κ3) is 3.65. The van der Waals surface area contributed by atoms with Crippen LogP contribution in [-0.2, 0) is 28.7 Å². The van der Waals surface area contributed by atoms with Crippen LogP contribution in [0.2, 0.25) is 0 Å². The molecule has 2 aliphatic heterocycles. The van der Waals surface area contributed by atoms with Gasteiger partial charge in [0.15, 0.2) is 0 Å². The second-order valence-electron chi connectivity index (χ2n) is 6.20. The van der Waals surface area contributed by atoms with Crippen molar-refractivity contribution in [3.8, 4) is 0 Å². The molecule has 2 aliphatic rings. The summed E-state index contributed by atoms with van der Waals surface area (Å²) in [5.41, 5.74) is -1.14. The summed E-state index contributed by atoms with van der Waals surface area (Å²) in [6.07, 6.45) is 0.923. The summed E-state index contributed by atoms with van der Waals surface area (Å²) in [4.78, 5) is 45.4. The van der Waals surface area contributed by atoms with Crippen LogP contribution in [0.1, 0.15) is 53.4 Å². The summed E-state index contributed by atoms with van der Waals surface area (Å²) in [5, 5.41) is 0. The smallest absolute Gasteiger partial charge is 0.314 e. The van der Waals surface area contributed by atoms with Crippen molar-refractivity contribution in [2.24, 2.45) is 10.8 Å². The van der Waals surface area contributed by atoms with E-state index in [2.05, 4.69) is 9.47 Å². The molecule has 6 heteroatoms. The largest absolute Gasteiger partial charge is 0.393 e. The second kappa shape index (κ2) is 5.34. The van der Waals surface area contributed by atoms with E-state index in [0.717, 1.165) is 0 Å². The Hall–Kier alpha value is -1.72. The average Bonchev–Trinajstić information content (AvgIpc) is 2.08. The number of hydrogen-bond donors (Lipinski definition) is 0. The fourth-order valence-corrected chi connectivity index (χ4v) is 3.20. The van der Waals surface area contributed by atoms with E-state index in [9.17, 15) is 19.2 Å². The molecule has 0 unspecified atom stereocenters. The van der Waals surface area contributed by atoms with Gasteiger partial charge in [-0.25, -0.2) is 0 Å². The molecule has 0 aromatic rings. The van der Waals surface area contributed by atoms with Crippen LogP contribution < -0.4 is 0 Å². The van der Waals surface area contributed by atoms with Crippen LogP contribution in [0.5, 0.6) is 0 Å². The number of carbonyl (C=O) groups is 4. The maximum atomic E-state index is 11.4. The number of ether oxygens (including phenoxy) is 2. The van der Waals surface area contributed by atoms with Crippen LogP contribution in [0.3, 0.4) is 0 Å². The molecule has 6 nitrogen and oxygen atoms in total. The monoisotopic (exact) mass is 284 g/mol. The van der Waals surface area contributed by atoms with Crippen molar-refractivity contribution in [1.29, 1.82) is 0 Å². The molecule has 0 aromatic carbocycles. The molecule has 0 aliphatic carbocycles. The summed E-state index contributed by atoms with van der Waals surface area (Å²) in [6.45, 7) is 3.61. The van der Waals surface area contributed by atoms with Gasteiger partial charge in [-0.05, 0) is 17.3 Å². The topological polar surface area (TPSA) is 86.7 Å². The minimum Gasteiger partial charge on any atom is -0.393 e. The van der Waals surface area contributed by atoms with Gasteiger partial charge in [-0.1, -0.05) is 21.3 Å². The summed E-state index contributed by atoms with van der Waals surface area (Å²) in [6, 6.07) is 0. The van der Waals surface area contributed by atoms with Gasteiger partial charge in [0, 0.05) is 0 Å². The molecule has 2 heterocycles. The number of hydrogen-bond acceptors (Lipinski definition) is 6. The molecule has 20 heavy (non-hydrogen) atoms. The third-order valence-electron chi connectivity index (χ3n) is 3.59. The van der Waals surface area contributed by atoms with E-state index >= 15 is 0 Å². The van der Waals surface area contributed by atoms with E-state index in [-0.39, 0.29) is 33.1 Å². The van der Waals surface area contributed by atoms with E-state index < -0.39 is 34.7 Å². The molecule has 0 N–H and O–H groups in total. The minimum absolute atomic E-state index is 0. The maximum Gasteiger partial charge on any atom is 0.314 e. The van der Waals surface area contributed by atoms with Crippen molar-refractivity contribution >= 4 is 23.9 Å². The molecule has 0 aromatic heterocycles. The summed E-state index contributed by atoms with van der Waals surface area (Å²) in [7, 11) is 0. The molecule has 2 saturated heterocycles. The van der Waals surface area contributed by atoms with Gasteiger partial charge in [0.1, 0.15) is 0 Å².